The first-order chi connectivity index (χ1) is 17.0. The summed E-state index contributed by atoms with van der Waals surface area (Å²) < 4.78 is 39.1. The average Bonchev–Trinajstić information content (AvgIpc) is 2.82. The van der Waals surface area contributed by atoms with Crippen LogP contribution in [0.4, 0.5) is 10.1 Å². The third-order valence-corrected chi connectivity index (χ3v) is 7.37. The Kier molecular flexibility index (Phi) is 11.2. The predicted octanol–water partition coefficient (Wildman–Crippen LogP) is 4.75. The third kappa shape index (κ3) is 8.78. The van der Waals surface area contributed by atoms with Gasteiger partial charge in [-0.1, -0.05) is 37.6 Å². The van der Waals surface area contributed by atoms with Crippen LogP contribution in [0.15, 0.2) is 48.5 Å². The minimum atomic E-state index is -3.64. The second-order valence-electron chi connectivity index (χ2n) is 8.81. The van der Waals surface area contributed by atoms with Crippen molar-refractivity contribution in [2.75, 3.05) is 17.1 Å². The fourth-order valence-electron chi connectivity index (χ4n) is 3.76. The number of anilines is 1. The van der Waals surface area contributed by atoms with Crippen LogP contribution in [0.3, 0.4) is 0 Å². The maximum atomic E-state index is 13.4. The maximum Gasteiger partial charge on any atom is 0.243 e. The van der Waals surface area contributed by atoms with Crippen LogP contribution < -0.4 is 9.62 Å². The number of hydrogen-bond acceptors (Lipinski definition) is 4. The molecule has 1 N–H and O–H groups in total. The summed E-state index contributed by atoms with van der Waals surface area (Å²) in [4.78, 5) is 28.0. The molecule has 0 bridgehead atoms. The van der Waals surface area contributed by atoms with Crippen LogP contribution in [0, 0.1) is 5.82 Å². The zero-order chi connectivity index (χ0) is 26.9. The van der Waals surface area contributed by atoms with Gasteiger partial charge >= 0.3 is 0 Å². The van der Waals surface area contributed by atoms with Crippen molar-refractivity contribution in [1.29, 1.82) is 0 Å². The van der Waals surface area contributed by atoms with Crippen molar-refractivity contribution in [3.63, 3.8) is 0 Å². The molecule has 0 aliphatic carbocycles. The molecule has 0 aromatic heterocycles. The number of benzene rings is 2. The van der Waals surface area contributed by atoms with E-state index in [0.717, 1.165) is 22.5 Å². The van der Waals surface area contributed by atoms with Crippen molar-refractivity contribution in [1.82, 2.24) is 10.2 Å². The second-order valence-corrected chi connectivity index (χ2v) is 11.1. The SMILES string of the molecule is CC[C@@H](C)NC(=O)[C@H](CC)N(Cc1ccc(Cl)cc1)C(=O)CCCN(c1ccc(F)cc1)S(C)(=O)=O. The van der Waals surface area contributed by atoms with Crippen molar-refractivity contribution >= 4 is 39.1 Å². The summed E-state index contributed by atoms with van der Waals surface area (Å²) in [5.41, 5.74) is 1.15. The highest BCUT2D eigenvalue weighted by Gasteiger charge is 2.29. The van der Waals surface area contributed by atoms with E-state index in [9.17, 15) is 22.4 Å². The Morgan fingerprint density at radius 1 is 1.03 bits per heavy atom. The van der Waals surface area contributed by atoms with Gasteiger partial charge in [-0.15, -0.1) is 0 Å². The standard InChI is InChI=1S/C26H35ClFN3O4S/c1-5-19(3)29-26(33)24(6-2)30(18-20-9-11-21(27)12-10-20)25(32)8-7-17-31(36(4,34)35)23-15-13-22(28)14-16-23/h9-16,19,24H,5-8,17-18H2,1-4H3,(H,29,33)/t19-,24+/m1/s1. The molecule has 198 valence electrons. The highest BCUT2D eigenvalue weighted by atomic mass is 35.5. The summed E-state index contributed by atoms with van der Waals surface area (Å²) in [5.74, 6) is -0.955. The Hall–Kier alpha value is -2.65. The summed E-state index contributed by atoms with van der Waals surface area (Å²) in [6, 6.07) is 11.5. The number of sulfonamides is 1. The number of halogens is 2. The van der Waals surface area contributed by atoms with Gasteiger partial charge in [0.05, 0.1) is 11.9 Å². The number of amides is 2. The molecule has 0 aliphatic heterocycles. The average molecular weight is 540 g/mol. The smallest absolute Gasteiger partial charge is 0.243 e. The van der Waals surface area contributed by atoms with Gasteiger partial charge in [-0.3, -0.25) is 13.9 Å². The first kappa shape index (κ1) is 29.6. The lowest BCUT2D eigenvalue weighted by Crippen LogP contribution is -2.50. The normalized spacial score (nSPS) is 13.1. The molecular formula is C26H35ClFN3O4S. The molecular weight excluding hydrogens is 505 g/mol. The quantitative estimate of drug-likeness (QED) is 0.398. The van der Waals surface area contributed by atoms with Crippen LogP contribution in [0.1, 0.15) is 52.0 Å². The van der Waals surface area contributed by atoms with Gasteiger partial charge in [0.1, 0.15) is 11.9 Å². The molecule has 2 aromatic carbocycles. The molecule has 0 fully saturated rings. The molecule has 36 heavy (non-hydrogen) atoms. The van der Waals surface area contributed by atoms with E-state index >= 15 is 0 Å². The van der Waals surface area contributed by atoms with E-state index in [1.165, 1.54) is 24.3 Å². The molecule has 0 aliphatic rings. The summed E-state index contributed by atoms with van der Waals surface area (Å²) in [7, 11) is -3.64. The van der Waals surface area contributed by atoms with E-state index in [1.807, 2.05) is 32.9 Å². The molecule has 2 rings (SSSR count). The molecule has 10 heteroatoms. The van der Waals surface area contributed by atoms with Crippen LogP contribution in [0.25, 0.3) is 0 Å². The molecule has 0 radical (unpaired) electrons. The number of carbonyl (C=O) groups is 2. The number of rotatable bonds is 13. The summed E-state index contributed by atoms with van der Waals surface area (Å²) >= 11 is 6.00. The van der Waals surface area contributed by atoms with E-state index in [1.54, 1.807) is 17.0 Å². The Morgan fingerprint density at radius 3 is 2.17 bits per heavy atom. The highest BCUT2D eigenvalue weighted by molar-refractivity contribution is 7.92. The lowest BCUT2D eigenvalue weighted by atomic mass is 10.1. The number of nitrogens with zero attached hydrogens (tertiary/aromatic N) is 2. The van der Waals surface area contributed by atoms with Crippen LogP contribution >= 0.6 is 11.6 Å². The van der Waals surface area contributed by atoms with Crippen LogP contribution in [0.5, 0.6) is 0 Å². The Labute approximate surface area is 218 Å². The van der Waals surface area contributed by atoms with E-state index in [0.29, 0.717) is 17.1 Å². The molecule has 0 saturated heterocycles. The van der Waals surface area contributed by atoms with Crippen LogP contribution in [-0.4, -0.2) is 50.0 Å². The zero-order valence-corrected chi connectivity index (χ0v) is 22.8. The largest absolute Gasteiger partial charge is 0.352 e. The van der Waals surface area contributed by atoms with Crippen LogP contribution in [-0.2, 0) is 26.2 Å². The third-order valence-electron chi connectivity index (χ3n) is 5.92. The monoisotopic (exact) mass is 539 g/mol. The summed E-state index contributed by atoms with van der Waals surface area (Å²) in [5, 5.41) is 3.53. The Balaban J connectivity index is 2.21. The molecule has 2 atom stereocenters. The maximum absolute atomic E-state index is 13.4. The molecule has 0 saturated carbocycles. The highest BCUT2D eigenvalue weighted by Crippen LogP contribution is 2.20. The molecule has 7 nitrogen and oxygen atoms in total. The lowest BCUT2D eigenvalue weighted by molar-refractivity contribution is -0.141. The first-order valence-electron chi connectivity index (χ1n) is 12.0. The fourth-order valence-corrected chi connectivity index (χ4v) is 4.85. The van der Waals surface area contributed by atoms with Gasteiger partial charge in [-0.05, 0) is 68.1 Å². The molecule has 0 heterocycles. The van der Waals surface area contributed by atoms with Gasteiger partial charge in [-0.2, -0.15) is 0 Å². The molecule has 2 aromatic rings. The minimum absolute atomic E-state index is 0.0296. The van der Waals surface area contributed by atoms with Gasteiger partial charge in [0, 0.05) is 30.6 Å². The molecule has 2 amide bonds. The second kappa shape index (κ2) is 13.6. The van der Waals surface area contributed by atoms with Crippen molar-refractivity contribution in [2.24, 2.45) is 0 Å². The zero-order valence-electron chi connectivity index (χ0n) is 21.2. The Bertz CT molecular complexity index is 1110. The summed E-state index contributed by atoms with van der Waals surface area (Å²) in [6.07, 6.45) is 2.51. The van der Waals surface area contributed by atoms with Crippen LogP contribution in [0.2, 0.25) is 5.02 Å². The van der Waals surface area contributed by atoms with E-state index < -0.39 is 21.9 Å². The van der Waals surface area contributed by atoms with Crippen molar-refractivity contribution in [3.8, 4) is 0 Å². The molecule has 0 unspecified atom stereocenters. The fraction of sp³-hybridized carbons (Fsp3) is 0.462. The number of nitrogens with one attached hydrogen (secondary N) is 1. The van der Waals surface area contributed by atoms with E-state index in [4.69, 9.17) is 11.6 Å². The van der Waals surface area contributed by atoms with E-state index in [-0.39, 0.29) is 43.8 Å². The van der Waals surface area contributed by atoms with Gasteiger partial charge in [0.2, 0.25) is 21.8 Å². The minimum Gasteiger partial charge on any atom is -0.352 e. The van der Waals surface area contributed by atoms with Crippen molar-refractivity contribution < 1.29 is 22.4 Å². The molecule has 0 spiro atoms. The number of carbonyl (C=O) groups excluding carboxylic acids is 2. The summed E-state index contributed by atoms with van der Waals surface area (Å²) in [6.45, 7) is 5.99. The first-order valence-corrected chi connectivity index (χ1v) is 14.3. The van der Waals surface area contributed by atoms with Gasteiger partial charge in [0.15, 0.2) is 0 Å². The van der Waals surface area contributed by atoms with Gasteiger partial charge in [0.25, 0.3) is 0 Å². The number of hydrogen-bond donors (Lipinski definition) is 1. The van der Waals surface area contributed by atoms with Gasteiger partial charge < -0.3 is 10.2 Å². The van der Waals surface area contributed by atoms with Gasteiger partial charge in [-0.25, -0.2) is 12.8 Å². The van der Waals surface area contributed by atoms with Crippen molar-refractivity contribution in [3.05, 3.63) is 64.9 Å². The lowest BCUT2D eigenvalue weighted by Gasteiger charge is -2.32. The Morgan fingerprint density at radius 2 is 1.64 bits per heavy atom. The topological polar surface area (TPSA) is 86.8 Å². The van der Waals surface area contributed by atoms with E-state index in [2.05, 4.69) is 5.32 Å². The predicted molar refractivity (Wildman–Crippen MR) is 142 cm³/mol. The van der Waals surface area contributed by atoms with Crippen molar-refractivity contribution in [2.45, 2.75) is 65.1 Å².